The molecule has 24 heavy (non-hydrogen) atoms. The van der Waals surface area contributed by atoms with Gasteiger partial charge in [-0.25, -0.2) is 8.42 Å². The van der Waals surface area contributed by atoms with Crippen molar-refractivity contribution in [3.05, 3.63) is 47.5 Å². The predicted octanol–water partition coefficient (Wildman–Crippen LogP) is 3.54. The van der Waals surface area contributed by atoms with Gasteiger partial charge in [-0.1, -0.05) is 6.07 Å². The molecule has 1 heterocycles. The van der Waals surface area contributed by atoms with Crippen LogP contribution in [0.15, 0.2) is 46.2 Å². The van der Waals surface area contributed by atoms with Gasteiger partial charge in [0.15, 0.2) is 0 Å². The number of anilines is 2. The summed E-state index contributed by atoms with van der Waals surface area (Å²) in [6, 6.07) is 10.2. The van der Waals surface area contributed by atoms with Crippen molar-refractivity contribution in [2.75, 3.05) is 10.0 Å². The van der Waals surface area contributed by atoms with E-state index in [1.54, 1.807) is 24.3 Å². The first-order valence-corrected chi connectivity index (χ1v) is 9.84. The molecule has 2 N–H and O–H groups in total. The van der Waals surface area contributed by atoms with Gasteiger partial charge in [0.25, 0.3) is 10.0 Å². The summed E-state index contributed by atoms with van der Waals surface area (Å²) in [4.78, 5) is 12.8. The Labute approximate surface area is 145 Å². The number of nitrogens with one attached hydrogen (secondary N) is 2. The molecule has 0 saturated heterocycles. The molecular formula is C17H18N2O3S2. The molecule has 1 atom stereocenters. The summed E-state index contributed by atoms with van der Waals surface area (Å²) in [5, 5.41) is 2.56. The summed E-state index contributed by atoms with van der Waals surface area (Å²) in [7, 11) is -3.72. The van der Waals surface area contributed by atoms with Crippen molar-refractivity contribution in [2.45, 2.75) is 35.8 Å². The fraction of sp³-hybridized carbons (Fsp3) is 0.235. The van der Waals surface area contributed by atoms with Crippen LogP contribution < -0.4 is 10.0 Å². The van der Waals surface area contributed by atoms with Crippen LogP contribution in [0, 0.1) is 13.8 Å². The van der Waals surface area contributed by atoms with Gasteiger partial charge >= 0.3 is 0 Å². The lowest BCUT2D eigenvalue weighted by Crippen LogP contribution is -2.26. The van der Waals surface area contributed by atoms with E-state index in [0.29, 0.717) is 11.4 Å². The van der Waals surface area contributed by atoms with E-state index in [1.165, 1.54) is 17.8 Å². The third-order valence-electron chi connectivity index (χ3n) is 3.95. The van der Waals surface area contributed by atoms with Gasteiger partial charge in [0.05, 0.1) is 15.8 Å². The number of hydrogen-bond donors (Lipinski definition) is 2. The molecule has 126 valence electrons. The van der Waals surface area contributed by atoms with Crippen LogP contribution in [-0.2, 0) is 14.8 Å². The Bertz CT molecular complexity index is 923. The van der Waals surface area contributed by atoms with Crippen LogP contribution in [0.4, 0.5) is 11.4 Å². The summed E-state index contributed by atoms with van der Waals surface area (Å²) < 4.78 is 27.8. The summed E-state index contributed by atoms with van der Waals surface area (Å²) in [5.74, 6) is -0.121. The third kappa shape index (κ3) is 3.27. The number of hydrogen-bond acceptors (Lipinski definition) is 4. The number of amides is 1. The number of thioether (sulfide) groups is 1. The summed E-state index contributed by atoms with van der Waals surface area (Å²) >= 11 is 1.42. The first kappa shape index (κ1) is 16.9. The maximum absolute atomic E-state index is 12.6. The van der Waals surface area contributed by atoms with E-state index in [2.05, 4.69) is 10.0 Å². The van der Waals surface area contributed by atoms with E-state index < -0.39 is 10.0 Å². The summed E-state index contributed by atoms with van der Waals surface area (Å²) in [6.45, 7) is 5.72. The predicted molar refractivity (Wildman–Crippen MR) is 97.1 cm³/mol. The second-order valence-electron chi connectivity index (χ2n) is 5.81. The highest BCUT2D eigenvalue weighted by molar-refractivity contribution is 8.01. The van der Waals surface area contributed by atoms with Crippen LogP contribution >= 0.6 is 11.8 Å². The lowest BCUT2D eigenvalue weighted by Gasteiger charge is -2.22. The molecule has 0 saturated carbocycles. The molecule has 0 fully saturated rings. The highest BCUT2D eigenvalue weighted by Crippen LogP contribution is 2.37. The van der Waals surface area contributed by atoms with E-state index in [-0.39, 0.29) is 16.1 Å². The first-order valence-electron chi connectivity index (χ1n) is 7.48. The molecule has 1 amide bonds. The quantitative estimate of drug-likeness (QED) is 0.876. The minimum Gasteiger partial charge on any atom is -0.324 e. The molecule has 0 radical (unpaired) electrons. The zero-order chi connectivity index (χ0) is 17.5. The van der Waals surface area contributed by atoms with Gasteiger partial charge in [-0.05, 0) is 62.2 Å². The number of carbonyl (C=O) groups is 1. The van der Waals surface area contributed by atoms with Crippen LogP contribution in [0.25, 0.3) is 0 Å². The van der Waals surface area contributed by atoms with E-state index in [0.717, 1.165) is 16.0 Å². The van der Waals surface area contributed by atoms with Crippen LogP contribution in [0.1, 0.15) is 18.1 Å². The van der Waals surface area contributed by atoms with Crippen molar-refractivity contribution in [1.82, 2.24) is 0 Å². The highest BCUT2D eigenvalue weighted by atomic mass is 32.2. The van der Waals surface area contributed by atoms with Gasteiger partial charge < -0.3 is 5.32 Å². The fourth-order valence-electron chi connectivity index (χ4n) is 2.37. The lowest BCUT2D eigenvalue weighted by molar-refractivity contribution is -0.115. The molecule has 1 unspecified atom stereocenters. The van der Waals surface area contributed by atoms with Crippen molar-refractivity contribution in [2.24, 2.45) is 0 Å². The van der Waals surface area contributed by atoms with Crippen molar-refractivity contribution in [3.63, 3.8) is 0 Å². The fourth-order valence-corrected chi connectivity index (χ4v) is 4.38. The average Bonchev–Trinajstić information content (AvgIpc) is 2.51. The number of sulfonamides is 1. The van der Waals surface area contributed by atoms with Crippen molar-refractivity contribution >= 4 is 39.1 Å². The van der Waals surface area contributed by atoms with E-state index in [1.807, 2.05) is 26.8 Å². The molecule has 2 aromatic carbocycles. The summed E-state index contributed by atoms with van der Waals surface area (Å²) in [5.41, 5.74) is 3.16. The Hall–Kier alpha value is -1.99. The Balaban J connectivity index is 1.91. The molecule has 5 nitrogen and oxygen atoms in total. The van der Waals surface area contributed by atoms with E-state index >= 15 is 0 Å². The molecule has 0 aliphatic carbocycles. The standard InChI is InChI=1S/C17H18N2O3S2/c1-10-4-5-13(8-11(10)2)19-24(21,22)14-6-7-16-15(9-14)18-17(20)12(3)23-16/h4-9,12,19H,1-3H3,(H,18,20). The van der Waals surface area contributed by atoms with Gasteiger partial charge in [-0.3, -0.25) is 9.52 Å². The molecule has 0 bridgehead atoms. The van der Waals surface area contributed by atoms with Gasteiger partial charge in [0, 0.05) is 10.6 Å². The SMILES string of the molecule is Cc1ccc(NS(=O)(=O)c2ccc3c(c2)NC(=O)C(C)S3)cc1C. The molecule has 0 aromatic heterocycles. The largest absolute Gasteiger partial charge is 0.324 e. The van der Waals surface area contributed by atoms with Crippen molar-refractivity contribution in [3.8, 4) is 0 Å². The second kappa shape index (κ2) is 6.14. The smallest absolute Gasteiger partial charge is 0.261 e. The maximum Gasteiger partial charge on any atom is 0.261 e. The molecule has 0 spiro atoms. The van der Waals surface area contributed by atoms with Crippen LogP contribution in [0.5, 0.6) is 0 Å². The normalized spacial score (nSPS) is 17.1. The molecule has 3 rings (SSSR count). The third-order valence-corrected chi connectivity index (χ3v) is 6.51. The first-order chi connectivity index (χ1) is 11.3. The minimum atomic E-state index is -3.72. The molecule has 1 aliphatic rings. The minimum absolute atomic E-state index is 0.120. The van der Waals surface area contributed by atoms with Crippen LogP contribution in [-0.4, -0.2) is 19.6 Å². The van der Waals surface area contributed by atoms with E-state index in [4.69, 9.17) is 0 Å². The zero-order valence-electron chi connectivity index (χ0n) is 13.6. The van der Waals surface area contributed by atoms with Crippen molar-refractivity contribution in [1.29, 1.82) is 0 Å². The number of benzene rings is 2. The number of rotatable bonds is 3. The Morgan fingerprint density at radius 3 is 2.54 bits per heavy atom. The number of aryl methyl sites for hydroxylation is 2. The van der Waals surface area contributed by atoms with Gasteiger partial charge in [-0.15, -0.1) is 11.8 Å². The topological polar surface area (TPSA) is 75.3 Å². The average molecular weight is 362 g/mol. The molecule has 2 aromatic rings. The van der Waals surface area contributed by atoms with Gasteiger partial charge in [-0.2, -0.15) is 0 Å². The highest BCUT2D eigenvalue weighted by Gasteiger charge is 2.25. The Kier molecular flexibility index (Phi) is 4.31. The Morgan fingerprint density at radius 2 is 1.83 bits per heavy atom. The zero-order valence-corrected chi connectivity index (χ0v) is 15.2. The van der Waals surface area contributed by atoms with Crippen LogP contribution in [0.3, 0.4) is 0 Å². The lowest BCUT2D eigenvalue weighted by atomic mass is 10.1. The monoisotopic (exact) mass is 362 g/mol. The molecule has 1 aliphatic heterocycles. The number of carbonyl (C=O) groups excluding carboxylic acids is 1. The summed E-state index contributed by atoms with van der Waals surface area (Å²) in [6.07, 6.45) is 0. The van der Waals surface area contributed by atoms with Gasteiger partial charge in [0.1, 0.15) is 0 Å². The second-order valence-corrected chi connectivity index (χ2v) is 8.88. The van der Waals surface area contributed by atoms with Crippen LogP contribution in [0.2, 0.25) is 0 Å². The Morgan fingerprint density at radius 1 is 1.08 bits per heavy atom. The molecular weight excluding hydrogens is 344 g/mol. The number of fused-ring (bicyclic) bond motifs is 1. The molecule has 7 heteroatoms. The van der Waals surface area contributed by atoms with Crippen molar-refractivity contribution < 1.29 is 13.2 Å². The maximum atomic E-state index is 12.6. The van der Waals surface area contributed by atoms with Gasteiger partial charge in [0.2, 0.25) is 5.91 Å². The van der Waals surface area contributed by atoms with E-state index in [9.17, 15) is 13.2 Å².